The molecule has 4 nitrogen and oxygen atoms in total. The Morgan fingerprint density at radius 2 is 1.70 bits per heavy atom. The second-order valence-corrected chi connectivity index (χ2v) is 7.40. The van der Waals surface area contributed by atoms with Gasteiger partial charge in [-0.05, 0) is 18.6 Å². The molecule has 0 aliphatic rings. The van der Waals surface area contributed by atoms with E-state index in [1.165, 1.54) is 0 Å². The Morgan fingerprint density at radius 3 is 2.44 bits per heavy atom. The Bertz CT molecular complexity index is 1080. The molecule has 0 unspecified atom stereocenters. The lowest BCUT2D eigenvalue weighted by Gasteiger charge is -2.02. The zero-order valence-electron chi connectivity index (χ0n) is 15.3. The summed E-state index contributed by atoms with van der Waals surface area (Å²) in [7, 11) is 1.86. The third-order valence-corrected chi connectivity index (χ3v) is 5.05. The van der Waals surface area contributed by atoms with E-state index in [2.05, 4.69) is 69.1 Å². The predicted octanol–water partition coefficient (Wildman–Crippen LogP) is 5.17. The first-order chi connectivity index (χ1) is 13.2. The van der Waals surface area contributed by atoms with Gasteiger partial charge >= 0.3 is 0 Å². The molecule has 27 heavy (non-hydrogen) atoms. The second-order valence-electron chi connectivity index (χ2n) is 6.34. The van der Waals surface area contributed by atoms with Gasteiger partial charge in [-0.1, -0.05) is 60.7 Å². The maximum absolute atomic E-state index is 4.60. The zero-order valence-corrected chi connectivity index (χ0v) is 16.1. The molecule has 0 amide bonds. The van der Waals surface area contributed by atoms with Crippen molar-refractivity contribution in [3.63, 3.8) is 0 Å². The molecule has 0 aliphatic carbocycles. The Labute approximate surface area is 162 Å². The lowest BCUT2D eigenvalue weighted by atomic mass is 10.0. The predicted molar refractivity (Wildman–Crippen MR) is 111 cm³/mol. The van der Waals surface area contributed by atoms with Crippen LogP contribution < -0.4 is 0 Å². The molecule has 4 aromatic rings. The van der Waals surface area contributed by atoms with Crippen molar-refractivity contribution in [1.82, 2.24) is 20.0 Å². The summed E-state index contributed by atoms with van der Waals surface area (Å²) < 4.78 is 0. The third kappa shape index (κ3) is 4.04. The van der Waals surface area contributed by atoms with Crippen molar-refractivity contribution in [2.75, 3.05) is 0 Å². The highest BCUT2D eigenvalue weighted by molar-refractivity contribution is 7.09. The number of hydrogen-bond acceptors (Lipinski definition) is 4. The highest BCUT2D eigenvalue weighted by Gasteiger charge is 2.13. The van der Waals surface area contributed by atoms with Gasteiger partial charge in [-0.15, -0.1) is 11.3 Å². The number of nitrogens with zero attached hydrogens (tertiary/aromatic N) is 4. The molecule has 5 heteroatoms. The number of aryl methyl sites for hydroxylation is 2. The maximum atomic E-state index is 4.60. The molecule has 0 radical (unpaired) electrons. The normalized spacial score (nSPS) is 11.3. The standard InChI is InChI=1S/C22H20N4S/c1-16-23-20(15-27-16)13-7-9-17-8-6-12-19(14-17)22-21(24-26(2)25-22)18-10-4-3-5-11-18/h3-12,14-15H,13H2,1-2H3/b9-7+. The third-order valence-electron chi connectivity index (χ3n) is 4.22. The number of thiazole rings is 1. The van der Waals surface area contributed by atoms with E-state index in [1.54, 1.807) is 16.1 Å². The van der Waals surface area contributed by atoms with Crippen molar-refractivity contribution in [3.05, 3.63) is 82.3 Å². The Hall–Kier alpha value is -3.05. The monoisotopic (exact) mass is 372 g/mol. The minimum atomic E-state index is 0.842. The average molecular weight is 372 g/mol. The van der Waals surface area contributed by atoms with Gasteiger partial charge in [0.15, 0.2) is 0 Å². The van der Waals surface area contributed by atoms with Crippen LogP contribution in [-0.2, 0) is 13.5 Å². The molecule has 134 valence electrons. The number of aromatic nitrogens is 4. The van der Waals surface area contributed by atoms with Crippen LogP contribution in [0.2, 0.25) is 0 Å². The van der Waals surface area contributed by atoms with E-state index in [4.69, 9.17) is 0 Å². The van der Waals surface area contributed by atoms with Crippen molar-refractivity contribution in [3.8, 4) is 22.5 Å². The van der Waals surface area contributed by atoms with Crippen LogP contribution in [0, 0.1) is 6.92 Å². The van der Waals surface area contributed by atoms with Gasteiger partial charge < -0.3 is 0 Å². The van der Waals surface area contributed by atoms with Crippen LogP contribution in [0.25, 0.3) is 28.6 Å². The van der Waals surface area contributed by atoms with Crippen LogP contribution in [-0.4, -0.2) is 20.0 Å². The van der Waals surface area contributed by atoms with Gasteiger partial charge in [-0.25, -0.2) is 4.98 Å². The number of rotatable bonds is 5. The second kappa shape index (κ2) is 7.68. The summed E-state index contributed by atoms with van der Waals surface area (Å²) in [4.78, 5) is 6.13. The van der Waals surface area contributed by atoms with E-state index < -0.39 is 0 Å². The van der Waals surface area contributed by atoms with Crippen LogP contribution in [0.1, 0.15) is 16.3 Å². The van der Waals surface area contributed by atoms with Gasteiger partial charge in [-0.3, -0.25) is 0 Å². The van der Waals surface area contributed by atoms with Crippen LogP contribution in [0.3, 0.4) is 0 Å². The highest BCUT2D eigenvalue weighted by Crippen LogP contribution is 2.29. The minimum Gasteiger partial charge on any atom is -0.246 e. The van der Waals surface area contributed by atoms with Gasteiger partial charge in [-0.2, -0.15) is 15.0 Å². The fourth-order valence-electron chi connectivity index (χ4n) is 3.00. The SMILES string of the molecule is Cc1nc(C/C=C/c2cccc(-c3nn(C)nc3-c3ccccc3)c2)cs1. The molecule has 4 rings (SSSR count). The minimum absolute atomic E-state index is 0.842. The zero-order chi connectivity index (χ0) is 18.6. The molecule has 0 N–H and O–H groups in total. The molecule has 0 bridgehead atoms. The maximum Gasteiger partial charge on any atom is 0.121 e. The van der Waals surface area contributed by atoms with Crippen LogP contribution in [0.4, 0.5) is 0 Å². The lowest BCUT2D eigenvalue weighted by molar-refractivity contribution is 0.657. The van der Waals surface area contributed by atoms with Crippen molar-refractivity contribution >= 4 is 17.4 Å². The summed E-state index contributed by atoms with van der Waals surface area (Å²) in [5, 5.41) is 12.4. The molecule has 0 aliphatic heterocycles. The van der Waals surface area contributed by atoms with Gasteiger partial charge in [0, 0.05) is 30.0 Å². The van der Waals surface area contributed by atoms with E-state index >= 15 is 0 Å². The fourth-order valence-corrected chi connectivity index (χ4v) is 3.62. The smallest absolute Gasteiger partial charge is 0.121 e. The Balaban J connectivity index is 1.61. The largest absolute Gasteiger partial charge is 0.246 e. The lowest BCUT2D eigenvalue weighted by Crippen LogP contribution is -1.92. The van der Waals surface area contributed by atoms with E-state index in [9.17, 15) is 0 Å². The molecule has 2 heterocycles. The van der Waals surface area contributed by atoms with Crippen LogP contribution in [0.5, 0.6) is 0 Å². The molecule has 2 aromatic carbocycles. The first-order valence-corrected chi connectivity index (χ1v) is 9.72. The molecule has 2 aromatic heterocycles. The fraction of sp³-hybridized carbons (Fsp3) is 0.136. The molecule has 0 saturated carbocycles. The summed E-state index contributed by atoms with van der Waals surface area (Å²) in [5.41, 5.74) is 6.19. The summed E-state index contributed by atoms with van der Waals surface area (Å²) in [5.74, 6) is 0. The summed E-state index contributed by atoms with van der Waals surface area (Å²) in [6.45, 7) is 2.03. The van der Waals surface area contributed by atoms with Crippen molar-refractivity contribution in [2.24, 2.45) is 7.05 Å². The summed E-state index contributed by atoms with van der Waals surface area (Å²) in [6, 6.07) is 18.6. The number of hydrogen-bond donors (Lipinski definition) is 0. The van der Waals surface area contributed by atoms with Gasteiger partial charge in [0.05, 0.1) is 10.7 Å². The van der Waals surface area contributed by atoms with Crippen LogP contribution in [0.15, 0.2) is 66.1 Å². The quantitative estimate of drug-likeness (QED) is 0.485. The Morgan fingerprint density at radius 1 is 0.963 bits per heavy atom. The molecule has 0 fully saturated rings. The van der Waals surface area contributed by atoms with E-state index in [1.807, 2.05) is 32.2 Å². The van der Waals surface area contributed by atoms with Gasteiger partial charge in [0.1, 0.15) is 11.4 Å². The van der Waals surface area contributed by atoms with Gasteiger partial charge in [0.25, 0.3) is 0 Å². The molecular formula is C22H20N4S. The van der Waals surface area contributed by atoms with E-state index in [0.29, 0.717) is 0 Å². The molecule has 0 saturated heterocycles. The molecular weight excluding hydrogens is 352 g/mol. The van der Waals surface area contributed by atoms with Crippen molar-refractivity contribution < 1.29 is 0 Å². The average Bonchev–Trinajstić information content (AvgIpc) is 3.28. The highest BCUT2D eigenvalue weighted by atomic mass is 32.1. The number of benzene rings is 2. The topological polar surface area (TPSA) is 43.6 Å². The number of allylic oxidation sites excluding steroid dienone is 1. The van der Waals surface area contributed by atoms with E-state index in [-0.39, 0.29) is 0 Å². The summed E-state index contributed by atoms with van der Waals surface area (Å²) >= 11 is 1.69. The Kier molecular flexibility index (Phi) is 4.94. The van der Waals surface area contributed by atoms with Gasteiger partial charge in [0.2, 0.25) is 0 Å². The molecule has 0 spiro atoms. The van der Waals surface area contributed by atoms with Crippen molar-refractivity contribution in [2.45, 2.75) is 13.3 Å². The first-order valence-electron chi connectivity index (χ1n) is 8.84. The first kappa shape index (κ1) is 17.4. The van der Waals surface area contributed by atoms with Crippen molar-refractivity contribution in [1.29, 1.82) is 0 Å². The van der Waals surface area contributed by atoms with E-state index in [0.717, 1.165) is 45.2 Å². The summed E-state index contributed by atoms with van der Waals surface area (Å²) in [6.07, 6.45) is 5.13. The molecule has 0 atom stereocenters. The van der Waals surface area contributed by atoms with Crippen LogP contribution >= 0.6 is 11.3 Å².